The third-order valence-corrected chi connectivity index (χ3v) is 4.77. The lowest BCUT2D eigenvalue weighted by Gasteiger charge is -2.19. The Morgan fingerprint density at radius 1 is 1.11 bits per heavy atom. The van der Waals surface area contributed by atoms with E-state index in [1.807, 2.05) is 24.3 Å². The second-order valence-electron chi connectivity index (χ2n) is 3.95. The number of rotatable bonds is 2. The van der Waals surface area contributed by atoms with Crippen LogP contribution in [0.3, 0.4) is 0 Å². The number of hydrogen-bond acceptors (Lipinski definition) is 3. The van der Waals surface area contributed by atoms with Crippen molar-refractivity contribution in [3.8, 4) is 11.5 Å². The van der Waals surface area contributed by atoms with Crippen molar-refractivity contribution < 1.29 is 9.47 Å². The lowest BCUT2D eigenvalue weighted by Crippen LogP contribution is -2.15. The van der Waals surface area contributed by atoms with E-state index >= 15 is 0 Å². The van der Waals surface area contributed by atoms with Crippen molar-refractivity contribution in [1.29, 1.82) is 0 Å². The molecule has 3 rings (SSSR count). The van der Waals surface area contributed by atoms with Crippen molar-refractivity contribution in [2.24, 2.45) is 0 Å². The van der Waals surface area contributed by atoms with E-state index in [2.05, 4.69) is 21.3 Å². The molecule has 0 saturated heterocycles. The molecule has 18 heavy (non-hydrogen) atoms. The topological polar surface area (TPSA) is 18.5 Å². The van der Waals surface area contributed by atoms with Gasteiger partial charge in [0, 0.05) is 0 Å². The molecule has 2 nitrogen and oxygen atoms in total. The molecule has 0 saturated carbocycles. The Morgan fingerprint density at radius 2 is 1.89 bits per heavy atom. The van der Waals surface area contributed by atoms with Crippen molar-refractivity contribution in [1.82, 2.24) is 0 Å². The van der Waals surface area contributed by atoms with Crippen LogP contribution in [0.15, 0.2) is 33.4 Å². The molecule has 94 valence electrons. The van der Waals surface area contributed by atoms with E-state index in [-0.39, 0.29) is 5.38 Å². The van der Waals surface area contributed by atoms with Crippen LogP contribution in [-0.4, -0.2) is 13.2 Å². The minimum absolute atomic E-state index is 0.164. The molecule has 0 N–H and O–H groups in total. The van der Waals surface area contributed by atoms with Gasteiger partial charge in [-0.05, 0) is 50.6 Å². The molecule has 0 fully saturated rings. The van der Waals surface area contributed by atoms with Crippen LogP contribution in [0.2, 0.25) is 0 Å². The Bertz CT molecular complexity index is 570. The van der Waals surface area contributed by atoms with Gasteiger partial charge in [-0.25, -0.2) is 0 Å². The van der Waals surface area contributed by atoms with Crippen LogP contribution in [0.4, 0.5) is 0 Å². The Balaban J connectivity index is 1.92. The fraction of sp³-hybridized carbons (Fsp3) is 0.231. The molecule has 1 unspecified atom stereocenters. The van der Waals surface area contributed by atoms with Gasteiger partial charge < -0.3 is 9.47 Å². The molecule has 2 aromatic rings. The third-order valence-electron chi connectivity index (χ3n) is 2.74. The molecular weight excluding hydrogens is 336 g/mol. The van der Waals surface area contributed by atoms with Gasteiger partial charge in [0.15, 0.2) is 11.5 Å². The molecule has 0 bridgehead atoms. The summed E-state index contributed by atoms with van der Waals surface area (Å²) in [6.07, 6.45) is 0. The molecule has 1 aliphatic heterocycles. The van der Waals surface area contributed by atoms with Crippen LogP contribution in [0.1, 0.15) is 16.5 Å². The van der Waals surface area contributed by atoms with Gasteiger partial charge in [0.2, 0.25) is 0 Å². The van der Waals surface area contributed by atoms with E-state index in [1.165, 1.54) is 0 Å². The third kappa shape index (κ3) is 2.37. The van der Waals surface area contributed by atoms with Crippen LogP contribution in [-0.2, 0) is 0 Å². The Morgan fingerprint density at radius 3 is 2.61 bits per heavy atom. The van der Waals surface area contributed by atoms with E-state index in [0.29, 0.717) is 13.2 Å². The molecule has 5 heteroatoms. The maximum absolute atomic E-state index is 6.48. The standard InChI is InChI=1S/C13H10BrClO2S/c14-12-6-9(7-18-12)13(15)8-1-2-10-11(5-8)17-4-3-16-10/h1-2,5-7,13H,3-4H2. The summed E-state index contributed by atoms with van der Waals surface area (Å²) in [6, 6.07) is 7.90. The molecule has 1 aromatic carbocycles. The predicted molar refractivity (Wildman–Crippen MR) is 77.1 cm³/mol. The number of halogens is 2. The second kappa shape index (κ2) is 5.11. The van der Waals surface area contributed by atoms with E-state index in [0.717, 1.165) is 26.4 Å². The van der Waals surface area contributed by atoms with E-state index < -0.39 is 0 Å². The first-order chi connectivity index (χ1) is 8.74. The highest BCUT2D eigenvalue weighted by Crippen LogP contribution is 2.38. The van der Waals surface area contributed by atoms with Crippen LogP contribution in [0, 0.1) is 0 Å². The summed E-state index contributed by atoms with van der Waals surface area (Å²) < 4.78 is 12.1. The monoisotopic (exact) mass is 344 g/mol. The van der Waals surface area contributed by atoms with Gasteiger partial charge in [-0.1, -0.05) is 6.07 Å². The van der Waals surface area contributed by atoms with Gasteiger partial charge in [-0.15, -0.1) is 22.9 Å². The summed E-state index contributed by atoms with van der Waals surface area (Å²) >= 11 is 11.6. The molecular formula is C13H10BrClO2S. The number of benzene rings is 1. The van der Waals surface area contributed by atoms with Crippen LogP contribution in [0.5, 0.6) is 11.5 Å². The summed E-state index contributed by atoms with van der Waals surface area (Å²) in [5, 5.41) is 1.89. The molecule has 2 heterocycles. The first kappa shape index (κ1) is 12.3. The van der Waals surface area contributed by atoms with Crippen LogP contribution < -0.4 is 9.47 Å². The minimum atomic E-state index is -0.164. The summed E-state index contributed by atoms with van der Waals surface area (Å²) in [5.74, 6) is 1.57. The molecule has 1 atom stereocenters. The first-order valence-electron chi connectivity index (χ1n) is 5.51. The van der Waals surface area contributed by atoms with Crippen molar-refractivity contribution in [2.75, 3.05) is 13.2 Å². The van der Waals surface area contributed by atoms with Crippen molar-refractivity contribution >= 4 is 38.9 Å². The lowest BCUT2D eigenvalue weighted by atomic mass is 10.1. The summed E-state index contributed by atoms with van der Waals surface area (Å²) in [6.45, 7) is 1.20. The fourth-order valence-electron chi connectivity index (χ4n) is 1.87. The van der Waals surface area contributed by atoms with E-state index in [1.54, 1.807) is 11.3 Å². The van der Waals surface area contributed by atoms with Gasteiger partial charge in [0.1, 0.15) is 13.2 Å². The minimum Gasteiger partial charge on any atom is -0.486 e. The quantitative estimate of drug-likeness (QED) is 0.740. The SMILES string of the molecule is ClC(c1csc(Br)c1)c1ccc2c(c1)OCCO2. The zero-order valence-electron chi connectivity index (χ0n) is 9.36. The zero-order chi connectivity index (χ0) is 12.5. The Labute approximate surface area is 123 Å². The summed E-state index contributed by atoms with van der Waals surface area (Å²) in [4.78, 5) is 0. The maximum Gasteiger partial charge on any atom is 0.161 e. The number of alkyl halides is 1. The largest absolute Gasteiger partial charge is 0.486 e. The first-order valence-corrected chi connectivity index (χ1v) is 7.62. The smallest absolute Gasteiger partial charge is 0.161 e. The molecule has 0 aliphatic carbocycles. The van der Waals surface area contributed by atoms with Crippen molar-refractivity contribution in [2.45, 2.75) is 5.38 Å². The highest BCUT2D eigenvalue weighted by atomic mass is 79.9. The average Bonchev–Trinajstić information content (AvgIpc) is 2.84. The fourth-order valence-corrected chi connectivity index (χ4v) is 3.40. The molecule has 1 aliphatic rings. The van der Waals surface area contributed by atoms with Gasteiger partial charge in [0.05, 0.1) is 9.16 Å². The number of fused-ring (bicyclic) bond motifs is 1. The molecule has 0 spiro atoms. The summed E-state index contributed by atoms with van der Waals surface area (Å²) in [7, 11) is 0. The van der Waals surface area contributed by atoms with Gasteiger partial charge in [0.25, 0.3) is 0 Å². The average molecular weight is 346 g/mol. The summed E-state index contributed by atoms with van der Waals surface area (Å²) in [5.41, 5.74) is 2.11. The van der Waals surface area contributed by atoms with E-state index in [9.17, 15) is 0 Å². The van der Waals surface area contributed by atoms with Crippen LogP contribution in [0.25, 0.3) is 0 Å². The normalized spacial score (nSPS) is 15.4. The maximum atomic E-state index is 6.48. The molecule has 0 radical (unpaired) electrons. The number of thiophene rings is 1. The molecule has 1 aromatic heterocycles. The van der Waals surface area contributed by atoms with E-state index in [4.69, 9.17) is 21.1 Å². The zero-order valence-corrected chi connectivity index (χ0v) is 12.5. The lowest BCUT2D eigenvalue weighted by molar-refractivity contribution is 0.171. The van der Waals surface area contributed by atoms with Crippen LogP contribution >= 0.6 is 38.9 Å². The second-order valence-corrected chi connectivity index (χ2v) is 6.68. The van der Waals surface area contributed by atoms with Crippen molar-refractivity contribution in [3.63, 3.8) is 0 Å². The van der Waals surface area contributed by atoms with Crippen molar-refractivity contribution in [3.05, 3.63) is 44.6 Å². The molecule has 0 amide bonds. The Kier molecular flexibility index (Phi) is 3.50. The predicted octanol–water partition coefficient (Wildman–Crippen LogP) is 4.61. The van der Waals surface area contributed by atoms with Gasteiger partial charge >= 0.3 is 0 Å². The highest BCUT2D eigenvalue weighted by molar-refractivity contribution is 9.11. The van der Waals surface area contributed by atoms with Gasteiger partial charge in [-0.2, -0.15) is 0 Å². The Hall–Kier alpha value is -0.710. The highest BCUT2D eigenvalue weighted by Gasteiger charge is 2.17. The number of ether oxygens (including phenoxy) is 2. The number of hydrogen-bond donors (Lipinski definition) is 0. The van der Waals surface area contributed by atoms with Gasteiger partial charge in [-0.3, -0.25) is 0 Å².